The molecule has 4 atom stereocenters. The van der Waals surface area contributed by atoms with Crippen LogP contribution in [0.5, 0.6) is 11.6 Å². The summed E-state index contributed by atoms with van der Waals surface area (Å²) in [5.41, 5.74) is 4.77. The summed E-state index contributed by atoms with van der Waals surface area (Å²) >= 11 is 0. The lowest BCUT2D eigenvalue weighted by molar-refractivity contribution is 0.110. The first-order valence-electron chi connectivity index (χ1n) is 16.9. The number of ether oxygens (including phenoxy) is 1. The molecule has 4 saturated heterocycles. The second-order valence-electron chi connectivity index (χ2n) is 14.6. The number of fused-ring (bicyclic) bond motifs is 5. The van der Waals surface area contributed by atoms with Gasteiger partial charge in [-0.25, -0.2) is 9.37 Å². The van der Waals surface area contributed by atoms with Crippen LogP contribution in [0, 0.1) is 23.7 Å². The Balaban J connectivity index is 1.17. The van der Waals surface area contributed by atoms with Crippen LogP contribution in [0.25, 0.3) is 10.8 Å². The second-order valence-corrected chi connectivity index (χ2v) is 14.6. The molecule has 2 aromatic carbocycles. The molecule has 5 aliphatic heterocycles. The van der Waals surface area contributed by atoms with Gasteiger partial charge in [-0.1, -0.05) is 18.1 Å². The molecule has 6 aliphatic rings. The minimum Gasteiger partial charge on any atom is -0.508 e. The van der Waals surface area contributed by atoms with Crippen molar-refractivity contribution < 1.29 is 14.2 Å². The van der Waals surface area contributed by atoms with Crippen molar-refractivity contribution in [3.8, 4) is 30.0 Å². The predicted octanol–water partition coefficient (Wildman–Crippen LogP) is 4.78. The normalized spacial score (nSPS) is 29.1. The van der Waals surface area contributed by atoms with E-state index in [-0.39, 0.29) is 16.8 Å². The van der Waals surface area contributed by atoms with Gasteiger partial charge in [-0.3, -0.25) is 4.90 Å². The standard InChI is InChI=1S/C37H39FN6O2/c1-2-23-5-3-6-24-13-28(45)14-32(33(23)24)44-21-31-29(16-36(44)10-11-36)34(42-19-26-7-8-27(20-42)40-26)30(17-39)35(41-31)46-22-37-9-4-12-43(37)18-25(38)15-37/h1,3,5-6,13-14,25-27,40,45H,4,7-12,15-16,18-22H2/t25-,26?,27?,37+/m1/s1. The number of terminal acetylenes is 1. The van der Waals surface area contributed by atoms with Gasteiger partial charge in [-0.05, 0) is 69.0 Å². The number of aromatic nitrogens is 1. The van der Waals surface area contributed by atoms with E-state index in [1.54, 1.807) is 6.07 Å². The number of hydrogen-bond donors (Lipinski definition) is 2. The van der Waals surface area contributed by atoms with Crippen molar-refractivity contribution >= 4 is 22.1 Å². The van der Waals surface area contributed by atoms with Gasteiger partial charge in [0.15, 0.2) is 0 Å². The number of halogens is 1. The third-order valence-corrected chi connectivity index (χ3v) is 11.8. The van der Waals surface area contributed by atoms with Crippen LogP contribution >= 0.6 is 0 Å². The lowest BCUT2D eigenvalue weighted by Gasteiger charge is -2.43. The smallest absolute Gasteiger partial charge is 0.234 e. The number of anilines is 2. The molecule has 9 heteroatoms. The largest absolute Gasteiger partial charge is 0.508 e. The lowest BCUT2D eigenvalue weighted by Crippen LogP contribution is -2.52. The van der Waals surface area contributed by atoms with Crippen molar-refractivity contribution in [2.75, 3.05) is 42.6 Å². The Kier molecular flexibility index (Phi) is 6.27. The molecule has 5 fully saturated rings. The maximum Gasteiger partial charge on any atom is 0.234 e. The van der Waals surface area contributed by atoms with Crippen LogP contribution < -0.4 is 19.9 Å². The van der Waals surface area contributed by atoms with Gasteiger partial charge in [0.1, 0.15) is 30.2 Å². The molecule has 46 heavy (non-hydrogen) atoms. The number of phenols is 1. The molecule has 1 saturated carbocycles. The highest BCUT2D eigenvalue weighted by Gasteiger charge is 2.53. The molecule has 2 bridgehead atoms. The highest BCUT2D eigenvalue weighted by atomic mass is 19.1. The molecule has 2 unspecified atom stereocenters. The number of alkyl halides is 1. The number of piperazine rings is 1. The van der Waals surface area contributed by atoms with Gasteiger partial charge < -0.3 is 25.0 Å². The van der Waals surface area contributed by atoms with Crippen LogP contribution in [0.2, 0.25) is 0 Å². The Labute approximate surface area is 269 Å². The van der Waals surface area contributed by atoms with Crippen molar-refractivity contribution in [1.29, 1.82) is 5.26 Å². The van der Waals surface area contributed by atoms with Crippen LogP contribution in [0.3, 0.4) is 0 Å². The molecular weight excluding hydrogens is 579 g/mol. The lowest BCUT2D eigenvalue weighted by atomic mass is 9.89. The number of hydrogen-bond acceptors (Lipinski definition) is 8. The first-order chi connectivity index (χ1) is 22.4. The van der Waals surface area contributed by atoms with Crippen LogP contribution in [0.15, 0.2) is 30.3 Å². The Morgan fingerprint density at radius 1 is 1.15 bits per heavy atom. The average Bonchev–Trinajstić information content (AvgIpc) is 3.41. The zero-order valence-corrected chi connectivity index (χ0v) is 26.1. The second kappa shape index (κ2) is 10.2. The van der Waals surface area contributed by atoms with E-state index in [9.17, 15) is 14.8 Å². The van der Waals surface area contributed by atoms with E-state index in [1.807, 2.05) is 24.3 Å². The van der Waals surface area contributed by atoms with E-state index in [2.05, 4.69) is 32.0 Å². The summed E-state index contributed by atoms with van der Waals surface area (Å²) in [6, 6.07) is 12.8. The van der Waals surface area contributed by atoms with Gasteiger partial charge in [0.25, 0.3) is 0 Å². The van der Waals surface area contributed by atoms with Crippen LogP contribution in [-0.2, 0) is 13.0 Å². The van der Waals surface area contributed by atoms with E-state index < -0.39 is 6.17 Å². The van der Waals surface area contributed by atoms with Gasteiger partial charge in [0, 0.05) is 66.3 Å². The summed E-state index contributed by atoms with van der Waals surface area (Å²) in [5.74, 6) is 3.43. The summed E-state index contributed by atoms with van der Waals surface area (Å²) in [5, 5.41) is 27.2. The van der Waals surface area contributed by atoms with Gasteiger partial charge in [-0.15, -0.1) is 6.42 Å². The molecule has 1 aromatic heterocycles. The maximum absolute atomic E-state index is 14.6. The zero-order valence-electron chi connectivity index (χ0n) is 26.1. The first-order valence-corrected chi connectivity index (χ1v) is 16.9. The van der Waals surface area contributed by atoms with Gasteiger partial charge in [0.05, 0.1) is 29.2 Å². The van der Waals surface area contributed by atoms with Gasteiger partial charge in [-0.2, -0.15) is 5.26 Å². The number of nitriles is 1. The van der Waals surface area contributed by atoms with Crippen molar-refractivity contribution in [2.45, 2.75) is 87.2 Å². The van der Waals surface area contributed by atoms with Crippen LogP contribution in [0.4, 0.5) is 15.8 Å². The Morgan fingerprint density at radius 2 is 1.98 bits per heavy atom. The SMILES string of the molecule is C#Cc1cccc2cc(O)cc(N3Cc4nc(OC[C@@]56CCCN5C[C@H](F)C6)c(C#N)c(N5CC6CCC(C5)N6)c4CC34CC4)c12. The molecule has 9 rings (SSSR count). The molecule has 1 aliphatic carbocycles. The number of rotatable bonds is 5. The highest BCUT2D eigenvalue weighted by Crippen LogP contribution is 2.54. The third kappa shape index (κ3) is 4.28. The summed E-state index contributed by atoms with van der Waals surface area (Å²) in [6.45, 7) is 3.88. The maximum atomic E-state index is 14.6. The molecule has 2 N–H and O–H groups in total. The summed E-state index contributed by atoms with van der Waals surface area (Å²) < 4.78 is 21.2. The molecule has 0 amide bonds. The Bertz CT molecular complexity index is 1830. The van der Waals surface area contributed by atoms with E-state index >= 15 is 0 Å². The van der Waals surface area contributed by atoms with E-state index in [4.69, 9.17) is 16.1 Å². The molecule has 1 spiro atoms. The van der Waals surface area contributed by atoms with Crippen LogP contribution in [0.1, 0.15) is 67.3 Å². The minimum absolute atomic E-state index is 0.142. The van der Waals surface area contributed by atoms with E-state index in [0.29, 0.717) is 49.6 Å². The fourth-order valence-corrected chi connectivity index (χ4v) is 9.53. The van der Waals surface area contributed by atoms with Crippen molar-refractivity contribution in [1.82, 2.24) is 15.2 Å². The molecular formula is C37H39FN6O2. The fourth-order valence-electron chi connectivity index (χ4n) is 9.53. The quantitative estimate of drug-likeness (QED) is 0.395. The van der Waals surface area contributed by atoms with Crippen LogP contribution in [-0.4, -0.2) is 77.1 Å². The number of phenolic OH excluding ortho intramolecular Hbond substituents is 1. The monoisotopic (exact) mass is 618 g/mol. The van der Waals surface area contributed by atoms with Gasteiger partial charge in [0.2, 0.25) is 5.88 Å². The third-order valence-electron chi connectivity index (χ3n) is 11.8. The van der Waals surface area contributed by atoms with Crippen molar-refractivity contribution in [3.05, 3.63) is 52.7 Å². The molecule has 236 valence electrons. The first kappa shape index (κ1) is 28.2. The number of pyridine rings is 1. The summed E-state index contributed by atoms with van der Waals surface area (Å²) in [6.07, 6.45) is 12.6. The van der Waals surface area contributed by atoms with E-state index in [1.165, 1.54) is 0 Å². The summed E-state index contributed by atoms with van der Waals surface area (Å²) in [4.78, 5) is 12.2. The number of nitrogens with zero attached hydrogens (tertiary/aromatic N) is 5. The zero-order chi connectivity index (χ0) is 31.2. The van der Waals surface area contributed by atoms with Crippen molar-refractivity contribution in [2.24, 2.45) is 0 Å². The fraction of sp³-hybridized carbons (Fsp3) is 0.514. The molecule has 8 nitrogen and oxygen atoms in total. The number of aromatic hydroxyl groups is 1. The summed E-state index contributed by atoms with van der Waals surface area (Å²) in [7, 11) is 0. The Hall–Kier alpha value is -4.05. The average molecular weight is 619 g/mol. The van der Waals surface area contributed by atoms with E-state index in [0.717, 1.165) is 104 Å². The van der Waals surface area contributed by atoms with Crippen molar-refractivity contribution in [3.63, 3.8) is 0 Å². The number of nitrogens with one attached hydrogen (secondary N) is 1. The molecule has 3 aromatic rings. The van der Waals surface area contributed by atoms with Gasteiger partial charge >= 0.3 is 0 Å². The topological polar surface area (TPSA) is 87.9 Å². The number of benzene rings is 2. The highest BCUT2D eigenvalue weighted by molar-refractivity contribution is 6.00. The Morgan fingerprint density at radius 3 is 2.74 bits per heavy atom. The predicted molar refractivity (Wildman–Crippen MR) is 175 cm³/mol. The molecule has 0 radical (unpaired) electrons. The molecule has 6 heterocycles. The minimum atomic E-state index is -0.851.